The smallest absolute Gasteiger partial charge is 0.127 e. The molecule has 21 heavy (non-hydrogen) atoms. The molecule has 116 valence electrons. The molecule has 0 aliphatic carbocycles. The first kappa shape index (κ1) is 14.9. The van der Waals surface area contributed by atoms with Crippen LogP contribution in [-0.4, -0.2) is 47.6 Å². The highest BCUT2D eigenvalue weighted by atomic mass is 19.1. The van der Waals surface area contributed by atoms with Gasteiger partial charge in [-0.1, -0.05) is 12.1 Å². The number of likely N-dealkylation sites (tertiary alicyclic amines) is 2. The highest BCUT2D eigenvalue weighted by Gasteiger charge is 2.43. The van der Waals surface area contributed by atoms with Gasteiger partial charge in [0.1, 0.15) is 5.82 Å². The molecule has 0 unspecified atom stereocenters. The van der Waals surface area contributed by atoms with Gasteiger partial charge in [-0.3, -0.25) is 9.80 Å². The number of halogens is 1. The Morgan fingerprint density at radius 2 is 2.10 bits per heavy atom. The van der Waals surface area contributed by atoms with E-state index in [1.807, 2.05) is 12.1 Å². The average molecular weight is 291 g/mol. The first-order valence-electron chi connectivity index (χ1n) is 8.05. The van der Waals surface area contributed by atoms with Gasteiger partial charge < -0.3 is 5.73 Å². The van der Waals surface area contributed by atoms with E-state index in [1.165, 1.54) is 19.5 Å². The van der Waals surface area contributed by atoms with Crippen molar-refractivity contribution in [2.24, 2.45) is 5.73 Å². The summed E-state index contributed by atoms with van der Waals surface area (Å²) in [7, 11) is 0. The predicted octanol–water partition coefficient (Wildman–Crippen LogP) is 1.99. The number of nitrogens with zero attached hydrogens (tertiary/aromatic N) is 2. The quantitative estimate of drug-likeness (QED) is 0.900. The van der Waals surface area contributed by atoms with E-state index in [4.69, 9.17) is 5.73 Å². The lowest BCUT2D eigenvalue weighted by Gasteiger charge is -2.36. The van der Waals surface area contributed by atoms with Gasteiger partial charge in [0, 0.05) is 49.9 Å². The summed E-state index contributed by atoms with van der Waals surface area (Å²) in [4.78, 5) is 5.20. The Kier molecular flexibility index (Phi) is 4.29. The molecule has 2 aliphatic heterocycles. The fourth-order valence-corrected chi connectivity index (χ4v) is 3.87. The van der Waals surface area contributed by atoms with Gasteiger partial charge in [-0.05, 0) is 38.3 Å². The van der Waals surface area contributed by atoms with Gasteiger partial charge >= 0.3 is 0 Å². The summed E-state index contributed by atoms with van der Waals surface area (Å²) in [6.45, 7) is 8.25. The molecular weight excluding hydrogens is 265 g/mol. The first-order chi connectivity index (χ1) is 10.1. The molecule has 1 aromatic carbocycles. The molecular formula is C17H26FN3. The third-order valence-electron chi connectivity index (χ3n) is 5.08. The van der Waals surface area contributed by atoms with Gasteiger partial charge in [0.05, 0.1) is 0 Å². The zero-order chi connectivity index (χ0) is 15.0. The van der Waals surface area contributed by atoms with Crippen LogP contribution in [0.25, 0.3) is 0 Å². The molecule has 4 heteroatoms. The molecule has 3 nitrogen and oxygen atoms in total. The Labute approximate surface area is 126 Å². The highest BCUT2D eigenvalue weighted by Crippen LogP contribution is 2.32. The largest absolute Gasteiger partial charge is 0.326 e. The van der Waals surface area contributed by atoms with Gasteiger partial charge in [-0.2, -0.15) is 0 Å². The molecule has 2 atom stereocenters. The second-order valence-corrected chi connectivity index (χ2v) is 6.71. The molecule has 1 aromatic rings. The van der Waals surface area contributed by atoms with Crippen LogP contribution in [0.3, 0.4) is 0 Å². The van der Waals surface area contributed by atoms with Crippen molar-refractivity contribution < 1.29 is 4.39 Å². The molecule has 2 heterocycles. The zero-order valence-electron chi connectivity index (χ0n) is 13.1. The summed E-state index contributed by atoms with van der Waals surface area (Å²) in [5, 5.41) is 0. The average Bonchev–Trinajstić information content (AvgIpc) is 3.05. The molecule has 0 radical (unpaired) electrons. The van der Waals surface area contributed by atoms with E-state index in [1.54, 1.807) is 6.07 Å². The predicted molar refractivity (Wildman–Crippen MR) is 83.6 cm³/mol. The van der Waals surface area contributed by atoms with Crippen molar-refractivity contribution in [3.8, 4) is 0 Å². The van der Waals surface area contributed by atoms with E-state index >= 15 is 0 Å². The van der Waals surface area contributed by atoms with E-state index < -0.39 is 0 Å². The Hall–Kier alpha value is -0.970. The van der Waals surface area contributed by atoms with E-state index in [2.05, 4.69) is 23.6 Å². The van der Waals surface area contributed by atoms with E-state index in [0.29, 0.717) is 17.6 Å². The third kappa shape index (κ3) is 2.98. The summed E-state index contributed by atoms with van der Waals surface area (Å²) < 4.78 is 13.7. The Morgan fingerprint density at radius 3 is 2.67 bits per heavy atom. The minimum Gasteiger partial charge on any atom is -0.326 e. The Bertz CT molecular complexity index is 503. The van der Waals surface area contributed by atoms with E-state index in [0.717, 1.165) is 24.6 Å². The summed E-state index contributed by atoms with van der Waals surface area (Å²) in [5.74, 6) is -0.163. The van der Waals surface area contributed by atoms with Crippen molar-refractivity contribution in [1.82, 2.24) is 9.80 Å². The summed E-state index contributed by atoms with van der Waals surface area (Å²) >= 11 is 0. The molecule has 0 aromatic heterocycles. The van der Waals surface area contributed by atoms with Crippen molar-refractivity contribution >= 4 is 0 Å². The fourth-order valence-electron chi connectivity index (χ4n) is 3.87. The number of nitrogens with two attached hydrogens (primary N) is 1. The molecule has 3 rings (SSSR count). The van der Waals surface area contributed by atoms with Crippen molar-refractivity contribution in [2.75, 3.05) is 19.6 Å². The number of rotatable bonds is 5. The molecule has 2 bridgehead atoms. The monoisotopic (exact) mass is 291 g/mol. The van der Waals surface area contributed by atoms with Crippen molar-refractivity contribution in [3.63, 3.8) is 0 Å². The molecule has 2 fully saturated rings. The second-order valence-electron chi connectivity index (χ2n) is 6.71. The summed E-state index contributed by atoms with van der Waals surface area (Å²) in [6, 6.07) is 7.56. The van der Waals surface area contributed by atoms with E-state index in [9.17, 15) is 4.39 Å². The first-order valence-corrected chi connectivity index (χ1v) is 8.05. The van der Waals surface area contributed by atoms with Crippen LogP contribution in [0.4, 0.5) is 4.39 Å². The Morgan fingerprint density at radius 1 is 1.29 bits per heavy atom. The van der Waals surface area contributed by atoms with Crippen LogP contribution in [0.15, 0.2) is 18.2 Å². The van der Waals surface area contributed by atoms with Crippen LogP contribution in [0.5, 0.6) is 0 Å². The maximum Gasteiger partial charge on any atom is 0.127 e. The summed E-state index contributed by atoms with van der Waals surface area (Å²) in [5.41, 5.74) is 7.18. The van der Waals surface area contributed by atoms with Crippen LogP contribution >= 0.6 is 0 Å². The molecule has 0 saturated carbocycles. The standard InChI is InChI=1S/C17H26FN3/c1-12(2)21-11-15-8-16(21)10-20(15)6-5-13-3-4-14(9-19)17(18)7-13/h3-4,7,12,15-16H,5-6,8-11,19H2,1-2H3/t15-,16-/m0/s1. The lowest BCUT2D eigenvalue weighted by Crippen LogP contribution is -2.49. The number of piperazine rings is 1. The number of fused-ring (bicyclic) bond motifs is 2. The second kappa shape index (κ2) is 6.03. The zero-order valence-corrected chi connectivity index (χ0v) is 13.1. The van der Waals surface area contributed by atoms with Crippen LogP contribution in [-0.2, 0) is 13.0 Å². The minimum absolute atomic E-state index is 0.163. The van der Waals surface area contributed by atoms with Crippen molar-refractivity contribution in [1.29, 1.82) is 0 Å². The normalized spacial score (nSPS) is 26.1. The number of benzene rings is 1. The summed E-state index contributed by atoms with van der Waals surface area (Å²) in [6.07, 6.45) is 2.23. The van der Waals surface area contributed by atoms with Gasteiger partial charge in [-0.15, -0.1) is 0 Å². The lowest BCUT2D eigenvalue weighted by atomic mass is 10.1. The van der Waals surface area contributed by atoms with Crippen LogP contribution in [0, 0.1) is 5.82 Å². The molecule has 2 aliphatic rings. The number of hydrogen-bond acceptors (Lipinski definition) is 3. The van der Waals surface area contributed by atoms with Gasteiger partial charge in [0.15, 0.2) is 0 Å². The Balaban J connectivity index is 1.54. The maximum absolute atomic E-state index is 13.7. The van der Waals surface area contributed by atoms with E-state index in [-0.39, 0.29) is 12.4 Å². The van der Waals surface area contributed by atoms with Crippen molar-refractivity contribution in [3.05, 3.63) is 35.1 Å². The maximum atomic E-state index is 13.7. The van der Waals surface area contributed by atoms with Gasteiger partial charge in [0.25, 0.3) is 0 Å². The molecule has 2 N–H and O–H groups in total. The van der Waals surface area contributed by atoms with Gasteiger partial charge in [-0.25, -0.2) is 4.39 Å². The molecule has 0 spiro atoms. The fraction of sp³-hybridized carbons (Fsp3) is 0.647. The van der Waals surface area contributed by atoms with Crippen LogP contribution in [0.2, 0.25) is 0 Å². The SMILES string of the molecule is CC(C)N1C[C@@H]2C[C@H]1CN2CCc1ccc(CN)c(F)c1. The molecule has 2 saturated heterocycles. The number of hydrogen-bond donors (Lipinski definition) is 1. The highest BCUT2D eigenvalue weighted by molar-refractivity contribution is 5.24. The van der Waals surface area contributed by atoms with Crippen molar-refractivity contribution in [2.45, 2.75) is 51.4 Å². The molecule has 0 amide bonds. The van der Waals surface area contributed by atoms with Gasteiger partial charge in [0.2, 0.25) is 0 Å². The minimum atomic E-state index is -0.163. The lowest BCUT2D eigenvalue weighted by molar-refractivity contribution is 0.105. The van der Waals surface area contributed by atoms with Crippen LogP contribution < -0.4 is 5.73 Å². The topological polar surface area (TPSA) is 32.5 Å². The third-order valence-corrected chi connectivity index (χ3v) is 5.08. The van der Waals surface area contributed by atoms with Crippen LogP contribution in [0.1, 0.15) is 31.4 Å².